The van der Waals surface area contributed by atoms with Gasteiger partial charge in [0.05, 0.1) is 11.2 Å². The Morgan fingerprint density at radius 2 is 1.96 bits per heavy atom. The Bertz CT molecular complexity index is 895. The topological polar surface area (TPSA) is 38.1 Å². The quantitative estimate of drug-likeness (QED) is 0.707. The normalized spacial score (nSPS) is 16.5. The number of allylic oxidation sites excluding steroid dienone is 1. The van der Waals surface area contributed by atoms with Gasteiger partial charge in [0.25, 0.3) is 0 Å². The lowest BCUT2D eigenvalue weighted by Crippen LogP contribution is -2.11. The van der Waals surface area contributed by atoms with Gasteiger partial charge in [0, 0.05) is 36.1 Å². The number of rotatable bonds is 2. The van der Waals surface area contributed by atoms with E-state index in [2.05, 4.69) is 34.2 Å². The van der Waals surface area contributed by atoms with Crippen molar-refractivity contribution in [3.63, 3.8) is 0 Å². The van der Waals surface area contributed by atoms with Gasteiger partial charge in [-0.15, -0.1) is 0 Å². The van der Waals surface area contributed by atoms with Crippen LogP contribution >= 0.6 is 0 Å². The highest BCUT2D eigenvalue weighted by atomic mass is 14.8. The highest BCUT2D eigenvalue weighted by Crippen LogP contribution is 2.23. The second-order valence-electron chi connectivity index (χ2n) is 5.71. The first-order chi connectivity index (χ1) is 11.4. The smallest absolute Gasteiger partial charge is 0.0702 e. The van der Waals surface area contributed by atoms with Gasteiger partial charge < -0.3 is 0 Å². The van der Waals surface area contributed by atoms with Crippen molar-refractivity contribution in [3.05, 3.63) is 77.8 Å². The molecule has 3 heteroatoms. The Hall–Kier alpha value is -2.81. The molecule has 0 atom stereocenters. The Balaban J connectivity index is 1.75. The first kappa shape index (κ1) is 13.8. The summed E-state index contributed by atoms with van der Waals surface area (Å²) in [5.74, 6) is 0. The van der Waals surface area contributed by atoms with Crippen LogP contribution in [0.2, 0.25) is 0 Å². The summed E-state index contributed by atoms with van der Waals surface area (Å²) in [5.41, 5.74) is 5.57. The van der Waals surface area contributed by atoms with Gasteiger partial charge in [-0.05, 0) is 54.3 Å². The Kier molecular flexibility index (Phi) is 3.68. The van der Waals surface area contributed by atoms with Crippen LogP contribution in [0.3, 0.4) is 0 Å². The maximum absolute atomic E-state index is 4.73. The van der Waals surface area contributed by atoms with Crippen molar-refractivity contribution < 1.29 is 0 Å². The van der Waals surface area contributed by atoms with E-state index in [9.17, 15) is 0 Å². The van der Waals surface area contributed by atoms with E-state index < -0.39 is 0 Å². The number of benzene rings is 1. The standard InChI is InChI=1S/C20H17N3/c1-2-8-19-16(5-1)11-15(13-23-19)12-17-6-4-10-22-20(17)18-7-3-9-21-14-18/h1-3,5,7-9,11-14H,4,6,10H2/b17-12+. The lowest BCUT2D eigenvalue weighted by atomic mass is 9.95. The van der Waals surface area contributed by atoms with Crippen LogP contribution < -0.4 is 0 Å². The van der Waals surface area contributed by atoms with Gasteiger partial charge in [0.15, 0.2) is 0 Å². The monoisotopic (exact) mass is 299 g/mol. The third-order valence-electron chi connectivity index (χ3n) is 4.07. The van der Waals surface area contributed by atoms with E-state index >= 15 is 0 Å². The maximum Gasteiger partial charge on any atom is 0.0702 e. The van der Waals surface area contributed by atoms with Crippen LogP contribution in [0.1, 0.15) is 24.0 Å². The van der Waals surface area contributed by atoms with Crippen molar-refractivity contribution in [2.75, 3.05) is 6.54 Å². The van der Waals surface area contributed by atoms with Crippen molar-refractivity contribution in [3.8, 4) is 0 Å². The van der Waals surface area contributed by atoms with E-state index in [1.807, 2.05) is 36.7 Å². The van der Waals surface area contributed by atoms with E-state index in [0.29, 0.717) is 0 Å². The zero-order valence-corrected chi connectivity index (χ0v) is 12.8. The molecule has 1 aliphatic heterocycles. The van der Waals surface area contributed by atoms with Crippen molar-refractivity contribution in [1.82, 2.24) is 9.97 Å². The predicted octanol–water partition coefficient (Wildman–Crippen LogP) is 4.30. The zero-order valence-electron chi connectivity index (χ0n) is 12.8. The van der Waals surface area contributed by atoms with Gasteiger partial charge in [-0.2, -0.15) is 0 Å². The fourth-order valence-electron chi connectivity index (χ4n) is 2.97. The number of hydrogen-bond acceptors (Lipinski definition) is 3. The first-order valence-electron chi connectivity index (χ1n) is 7.91. The molecule has 0 amide bonds. The molecule has 0 bridgehead atoms. The van der Waals surface area contributed by atoms with E-state index in [4.69, 9.17) is 4.99 Å². The number of hydrogen-bond donors (Lipinski definition) is 0. The first-order valence-corrected chi connectivity index (χ1v) is 7.91. The summed E-state index contributed by atoms with van der Waals surface area (Å²) in [6.45, 7) is 0.886. The van der Waals surface area contributed by atoms with Crippen molar-refractivity contribution in [2.24, 2.45) is 4.99 Å². The Morgan fingerprint density at radius 3 is 2.87 bits per heavy atom. The zero-order chi connectivity index (χ0) is 15.5. The number of para-hydroxylation sites is 1. The molecule has 0 saturated carbocycles. The molecule has 0 fully saturated rings. The molecule has 3 aromatic rings. The van der Waals surface area contributed by atoms with Gasteiger partial charge in [0.2, 0.25) is 0 Å². The minimum atomic E-state index is 0.886. The van der Waals surface area contributed by atoms with E-state index in [1.54, 1.807) is 6.20 Å². The van der Waals surface area contributed by atoms with Crippen LogP contribution in [0.15, 0.2) is 71.6 Å². The van der Waals surface area contributed by atoms with Gasteiger partial charge in [0.1, 0.15) is 0 Å². The van der Waals surface area contributed by atoms with Gasteiger partial charge in [-0.25, -0.2) is 0 Å². The predicted molar refractivity (Wildman–Crippen MR) is 94.6 cm³/mol. The summed E-state index contributed by atoms with van der Waals surface area (Å²) >= 11 is 0. The molecule has 1 aromatic carbocycles. The van der Waals surface area contributed by atoms with Gasteiger partial charge >= 0.3 is 0 Å². The van der Waals surface area contributed by atoms with Crippen LogP contribution in [0.4, 0.5) is 0 Å². The van der Waals surface area contributed by atoms with Crippen molar-refractivity contribution in [2.45, 2.75) is 12.8 Å². The second-order valence-corrected chi connectivity index (χ2v) is 5.71. The van der Waals surface area contributed by atoms with E-state index in [0.717, 1.165) is 47.1 Å². The van der Waals surface area contributed by atoms with Crippen LogP contribution in [0.5, 0.6) is 0 Å². The molecule has 23 heavy (non-hydrogen) atoms. The molecule has 0 saturated heterocycles. The van der Waals surface area contributed by atoms with Crippen LogP contribution in [0.25, 0.3) is 17.0 Å². The fourth-order valence-corrected chi connectivity index (χ4v) is 2.97. The minimum Gasteiger partial charge on any atom is -0.284 e. The molecule has 0 spiro atoms. The molecule has 112 valence electrons. The van der Waals surface area contributed by atoms with Gasteiger partial charge in [-0.1, -0.05) is 18.2 Å². The lowest BCUT2D eigenvalue weighted by Gasteiger charge is -2.16. The second kappa shape index (κ2) is 6.13. The van der Waals surface area contributed by atoms with Crippen molar-refractivity contribution in [1.29, 1.82) is 0 Å². The number of aromatic nitrogens is 2. The largest absolute Gasteiger partial charge is 0.284 e. The SMILES string of the molecule is C(=C1/CCCN=C1c1cccnc1)/c1cnc2ccccc2c1. The molecule has 1 aliphatic rings. The average molecular weight is 299 g/mol. The fraction of sp³-hybridized carbons (Fsp3) is 0.150. The number of pyridine rings is 2. The molecule has 3 heterocycles. The number of nitrogens with zero attached hydrogens (tertiary/aromatic N) is 3. The minimum absolute atomic E-state index is 0.886. The molecule has 0 radical (unpaired) electrons. The van der Waals surface area contributed by atoms with Crippen LogP contribution in [0, 0.1) is 0 Å². The summed E-state index contributed by atoms with van der Waals surface area (Å²) in [6.07, 6.45) is 9.96. The molecular weight excluding hydrogens is 282 g/mol. The summed E-state index contributed by atoms with van der Waals surface area (Å²) in [7, 11) is 0. The van der Waals surface area contributed by atoms with Gasteiger partial charge in [-0.3, -0.25) is 15.0 Å². The van der Waals surface area contributed by atoms with E-state index in [1.165, 1.54) is 5.57 Å². The molecule has 4 rings (SSSR count). The summed E-state index contributed by atoms with van der Waals surface area (Å²) < 4.78 is 0. The highest BCUT2D eigenvalue weighted by molar-refractivity contribution is 6.15. The molecule has 0 N–H and O–H groups in total. The van der Waals surface area contributed by atoms with Crippen molar-refractivity contribution >= 4 is 22.7 Å². The number of fused-ring (bicyclic) bond motifs is 1. The Labute approximate surface area is 135 Å². The lowest BCUT2D eigenvalue weighted by molar-refractivity contribution is 0.818. The van der Waals surface area contributed by atoms with E-state index in [-0.39, 0.29) is 0 Å². The maximum atomic E-state index is 4.73. The third kappa shape index (κ3) is 2.90. The summed E-state index contributed by atoms with van der Waals surface area (Å²) in [4.78, 5) is 13.5. The average Bonchev–Trinajstić information content (AvgIpc) is 2.63. The molecule has 2 aromatic heterocycles. The van der Waals surface area contributed by atoms with Crippen LogP contribution in [-0.4, -0.2) is 22.2 Å². The Morgan fingerprint density at radius 1 is 1.00 bits per heavy atom. The highest BCUT2D eigenvalue weighted by Gasteiger charge is 2.14. The number of aliphatic imine (C=N–C) groups is 1. The molecular formula is C20H17N3. The summed E-state index contributed by atoms with van der Waals surface area (Å²) in [5, 5.41) is 1.16. The molecule has 3 nitrogen and oxygen atoms in total. The molecule has 0 aliphatic carbocycles. The van der Waals surface area contributed by atoms with Crippen LogP contribution in [-0.2, 0) is 0 Å². The summed E-state index contributed by atoms with van der Waals surface area (Å²) in [6, 6.07) is 14.4. The third-order valence-corrected chi connectivity index (χ3v) is 4.07. The molecule has 0 unspecified atom stereocenters.